The second-order valence-corrected chi connectivity index (χ2v) is 8.41. The average Bonchev–Trinajstić information content (AvgIpc) is 3.16. The topological polar surface area (TPSA) is 109 Å². The number of piperidine rings is 1. The van der Waals surface area contributed by atoms with E-state index >= 15 is 0 Å². The third-order valence-corrected chi connectivity index (χ3v) is 6.32. The predicted octanol–water partition coefficient (Wildman–Crippen LogP) is 2.68. The van der Waals surface area contributed by atoms with Gasteiger partial charge < -0.3 is 20.7 Å². The molecule has 1 aliphatic heterocycles. The lowest BCUT2D eigenvalue weighted by Gasteiger charge is -2.41. The summed E-state index contributed by atoms with van der Waals surface area (Å²) in [4.78, 5) is 14.4. The first-order valence-corrected chi connectivity index (χ1v) is 10.5. The molecule has 1 saturated heterocycles. The van der Waals surface area contributed by atoms with Gasteiger partial charge in [-0.1, -0.05) is 0 Å². The summed E-state index contributed by atoms with van der Waals surface area (Å²) in [5.74, 6) is -0.261. The third kappa shape index (κ3) is 4.70. The lowest BCUT2D eigenvalue weighted by Crippen LogP contribution is -2.46. The molecule has 2 heterocycles. The summed E-state index contributed by atoms with van der Waals surface area (Å²) in [5.41, 5.74) is 6.40. The van der Waals surface area contributed by atoms with Crippen LogP contribution in [0.3, 0.4) is 0 Å². The lowest BCUT2D eigenvalue weighted by molar-refractivity contribution is -0.0166. The molecule has 9 heteroatoms. The van der Waals surface area contributed by atoms with E-state index in [1.807, 2.05) is 0 Å². The maximum absolute atomic E-state index is 13.2. The third-order valence-electron chi connectivity index (χ3n) is 6.32. The van der Waals surface area contributed by atoms with E-state index < -0.39 is 5.91 Å². The number of nitrogens with two attached hydrogens (primary N) is 1. The Balaban J connectivity index is 1.52. The zero-order chi connectivity index (χ0) is 22.0. The Morgan fingerprint density at radius 1 is 1.39 bits per heavy atom. The van der Waals surface area contributed by atoms with Gasteiger partial charge in [-0.25, -0.2) is 4.39 Å². The Morgan fingerprint density at radius 3 is 2.77 bits per heavy atom. The summed E-state index contributed by atoms with van der Waals surface area (Å²) < 4.78 is 20.3. The van der Waals surface area contributed by atoms with Gasteiger partial charge in [0.25, 0.3) is 5.91 Å². The number of carbonyl (C=O) groups is 1. The molecule has 8 nitrogen and oxygen atoms in total. The van der Waals surface area contributed by atoms with Gasteiger partial charge in [0.05, 0.1) is 24.1 Å². The van der Waals surface area contributed by atoms with Gasteiger partial charge in [-0.05, 0) is 56.0 Å². The number of benzene rings is 1. The quantitative estimate of drug-likeness (QED) is 0.705. The first-order chi connectivity index (χ1) is 15.0. The lowest BCUT2D eigenvalue weighted by atomic mass is 9.81. The van der Waals surface area contributed by atoms with Crippen LogP contribution in [-0.4, -0.2) is 53.4 Å². The molecule has 164 valence electrons. The molecule has 2 unspecified atom stereocenters. The highest BCUT2D eigenvalue weighted by atomic mass is 19.1. The van der Waals surface area contributed by atoms with Crippen LogP contribution in [0.4, 0.5) is 15.9 Å². The molecule has 31 heavy (non-hydrogen) atoms. The zero-order valence-electron chi connectivity index (χ0n) is 17.5. The van der Waals surface area contributed by atoms with Crippen molar-refractivity contribution in [2.24, 2.45) is 17.6 Å². The number of primary amides is 1. The number of nitrogens with one attached hydrogen (secondary N) is 1. The Labute approximate surface area is 180 Å². The van der Waals surface area contributed by atoms with Crippen LogP contribution in [0.15, 0.2) is 30.5 Å². The van der Waals surface area contributed by atoms with Crippen molar-refractivity contribution in [3.8, 4) is 6.07 Å². The molecule has 2 aliphatic rings. The molecule has 3 N–H and O–H groups in total. The van der Waals surface area contributed by atoms with Crippen molar-refractivity contribution in [2.45, 2.75) is 31.4 Å². The monoisotopic (exact) mass is 426 g/mol. The number of hydrogen-bond acceptors (Lipinski definition) is 6. The minimum Gasteiger partial charge on any atom is -0.381 e. The van der Waals surface area contributed by atoms with Crippen LogP contribution >= 0.6 is 0 Å². The molecule has 1 aromatic carbocycles. The van der Waals surface area contributed by atoms with Crippen LogP contribution in [0.25, 0.3) is 0 Å². The van der Waals surface area contributed by atoms with Crippen molar-refractivity contribution >= 4 is 17.4 Å². The van der Waals surface area contributed by atoms with Gasteiger partial charge in [-0.15, -0.1) is 0 Å². The molecule has 2 atom stereocenters. The second-order valence-electron chi connectivity index (χ2n) is 8.41. The second kappa shape index (κ2) is 9.04. The fraction of sp³-hybridized carbons (Fsp3) is 0.500. The Morgan fingerprint density at radius 2 is 2.13 bits per heavy atom. The molecule has 0 spiro atoms. The van der Waals surface area contributed by atoms with E-state index in [1.54, 1.807) is 30.1 Å². The summed E-state index contributed by atoms with van der Waals surface area (Å²) in [5, 5.41) is 17.3. The number of halogens is 1. The van der Waals surface area contributed by atoms with Gasteiger partial charge in [0.15, 0.2) is 5.82 Å². The number of anilines is 2. The van der Waals surface area contributed by atoms with Gasteiger partial charge in [0.1, 0.15) is 11.4 Å². The minimum absolute atomic E-state index is 0.182. The molecule has 2 aromatic rings. The van der Waals surface area contributed by atoms with Gasteiger partial charge in [0.2, 0.25) is 0 Å². The Bertz CT molecular complexity index is 963. The number of likely N-dealkylation sites (tertiary alicyclic amines) is 1. The first kappa shape index (κ1) is 21.3. The number of nitriles is 1. The van der Waals surface area contributed by atoms with E-state index in [-0.39, 0.29) is 23.3 Å². The van der Waals surface area contributed by atoms with Crippen molar-refractivity contribution in [1.29, 1.82) is 5.26 Å². The standard InChI is InChI=1S/C22H27FN6O2/c1-31-18-8-14(9-18)11-28-7-6-15(10-24)20(13-28)29-12-19(21(25)30)22(27-29)26-17-4-2-16(23)3-5-17/h2-5,12,14-15,18,20H,6-9,11,13H2,1H3,(H2,25,30)(H,26,27). The number of hydrogen-bond donors (Lipinski definition) is 2. The van der Waals surface area contributed by atoms with Crippen molar-refractivity contribution in [3.05, 3.63) is 41.8 Å². The maximum atomic E-state index is 13.2. The van der Waals surface area contributed by atoms with Crippen molar-refractivity contribution < 1.29 is 13.9 Å². The molecule has 1 aromatic heterocycles. The van der Waals surface area contributed by atoms with Gasteiger partial charge >= 0.3 is 0 Å². The van der Waals surface area contributed by atoms with Crippen molar-refractivity contribution in [1.82, 2.24) is 14.7 Å². The Kier molecular flexibility index (Phi) is 6.20. The highest BCUT2D eigenvalue weighted by molar-refractivity contribution is 5.98. The number of carbonyl (C=O) groups excluding carboxylic acids is 1. The normalized spacial score (nSPS) is 26.1. The number of methoxy groups -OCH3 is 1. The van der Waals surface area contributed by atoms with E-state index in [0.717, 1.165) is 32.4 Å². The van der Waals surface area contributed by atoms with Gasteiger partial charge in [0, 0.05) is 32.1 Å². The zero-order valence-corrected chi connectivity index (χ0v) is 17.5. The molecule has 1 aliphatic carbocycles. The summed E-state index contributed by atoms with van der Waals surface area (Å²) in [6, 6.07) is 7.98. The van der Waals surface area contributed by atoms with Gasteiger partial charge in [-0.3, -0.25) is 9.48 Å². The molecule has 2 fully saturated rings. The highest BCUT2D eigenvalue weighted by Crippen LogP contribution is 2.34. The van der Waals surface area contributed by atoms with Crippen LogP contribution in [0.1, 0.15) is 35.7 Å². The van der Waals surface area contributed by atoms with E-state index in [4.69, 9.17) is 10.5 Å². The van der Waals surface area contributed by atoms with Crippen LogP contribution in [0, 0.1) is 29.0 Å². The minimum atomic E-state index is -0.614. The summed E-state index contributed by atoms with van der Waals surface area (Å²) in [7, 11) is 1.75. The summed E-state index contributed by atoms with van der Waals surface area (Å²) in [6.45, 7) is 2.52. The van der Waals surface area contributed by atoms with E-state index in [0.29, 0.717) is 30.1 Å². The molecule has 0 bridgehead atoms. The Hall–Kier alpha value is -2.96. The van der Waals surface area contributed by atoms with E-state index in [9.17, 15) is 14.4 Å². The molecular formula is C22H27FN6O2. The highest BCUT2D eigenvalue weighted by Gasteiger charge is 2.36. The predicted molar refractivity (Wildman–Crippen MR) is 113 cm³/mol. The van der Waals surface area contributed by atoms with Crippen molar-refractivity contribution in [3.63, 3.8) is 0 Å². The molecular weight excluding hydrogens is 399 g/mol. The molecule has 1 saturated carbocycles. The fourth-order valence-electron chi connectivity index (χ4n) is 4.47. The number of nitrogens with zero attached hydrogens (tertiary/aromatic N) is 4. The molecule has 1 amide bonds. The number of ether oxygens (including phenoxy) is 1. The number of rotatable bonds is 7. The number of amides is 1. The molecule has 4 rings (SSSR count). The van der Waals surface area contributed by atoms with E-state index in [2.05, 4.69) is 21.4 Å². The van der Waals surface area contributed by atoms with Crippen molar-refractivity contribution in [2.75, 3.05) is 32.1 Å². The molecule has 0 radical (unpaired) electrons. The van der Waals surface area contributed by atoms with Crippen LogP contribution in [0.5, 0.6) is 0 Å². The summed E-state index contributed by atoms with van der Waals surface area (Å²) >= 11 is 0. The van der Waals surface area contributed by atoms with Gasteiger partial charge in [-0.2, -0.15) is 10.4 Å². The smallest absolute Gasteiger partial charge is 0.254 e. The fourth-order valence-corrected chi connectivity index (χ4v) is 4.47. The summed E-state index contributed by atoms with van der Waals surface area (Å²) in [6.07, 6.45) is 4.85. The van der Waals surface area contributed by atoms with Crippen LogP contribution in [0.2, 0.25) is 0 Å². The first-order valence-electron chi connectivity index (χ1n) is 10.5. The van der Waals surface area contributed by atoms with Crippen LogP contribution in [-0.2, 0) is 4.74 Å². The SMILES string of the molecule is COC1CC(CN2CCC(C#N)C(n3cc(C(N)=O)c(Nc4ccc(F)cc4)n3)C2)C1. The van der Waals surface area contributed by atoms with E-state index in [1.165, 1.54) is 12.1 Å². The average molecular weight is 426 g/mol. The van der Waals surface area contributed by atoms with Crippen LogP contribution < -0.4 is 11.1 Å². The maximum Gasteiger partial charge on any atom is 0.254 e. The largest absolute Gasteiger partial charge is 0.381 e. The number of aromatic nitrogens is 2.